The van der Waals surface area contributed by atoms with E-state index in [1.165, 1.54) is 0 Å². The zero-order chi connectivity index (χ0) is 8.55. The second-order valence-electron chi connectivity index (χ2n) is 2.13. The Morgan fingerprint density at radius 2 is 2.42 bits per heavy atom. The lowest BCUT2D eigenvalue weighted by Gasteiger charge is -1.89. The van der Waals surface area contributed by atoms with E-state index < -0.39 is 0 Å². The number of aromatic nitrogens is 4. The van der Waals surface area contributed by atoms with Gasteiger partial charge < -0.3 is 0 Å². The number of thioether (sulfide) groups is 1. The maximum atomic E-state index is 5.59. The van der Waals surface area contributed by atoms with E-state index in [1.54, 1.807) is 18.0 Å². The van der Waals surface area contributed by atoms with Crippen molar-refractivity contribution in [2.45, 2.75) is 5.03 Å². The van der Waals surface area contributed by atoms with Gasteiger partial charge in [0.15, 0.2) is 5.65 Å². The monoisotopic (exact) mass is 200 g/mol. The second-order valence-corrected chi connectivity index (χ2v) is 3.27. The summed E-state index contributed by atoms with van der Waals surface area (Å²) in [4.78, 5) is 7.84. The molecule has 0 amide bonds. The van der Waals surface area contributed by atoms with E-state index in [4.69, 9.17) is 11.6 Å². The lowest BCUT2D eigenvalue weighted by Crippen LogP contribution is -1.81. The maximum Gasteiger partial charge on any atom is 0.224 e. The van der Waals surface area contributed by atoms with Gasteiger partial charge in [-0.15, -0.1) is 11.8 Å². The topological polar surface area (TPSA) is 54.5 Å². The molecule has 0 spiro atoms. The predicted octanol–water partition coefficient (Wildman–Crippen LogP) is 1.73. The molecule has 0 radical (unpaired) electrons. The quantitative estimate of drug-likeness (QED) is 0.563. The fraction of sp³-hybridized carbons (Fsp3) is 0.167. The van der Waals surface area contributed by atoms with E-state index in [-0.39, 0.29) is 5.28 Å². The highest BCUT2D eigenvalue weighted by Crippen LogP contribution is 2.21. The summed E-state index contributed by atoms with van der Waals surface area (Å²) in [5.41, 5.74) is 0.680. The van der Waals surface area contributed by atoms with Crippen molar-refractivity contribution >= 4 is 34.4 Å². The molecule has 0 aliphatic heterocycles. The van der Waals surface area contributed by atoms with Crippen LogP contribution in [-0.2, 0) is 0 Å². The summed E-state index contributed by atoms with van der Waals surface area (Å²) in [6.07, 6.45) is 3.62. The standard InChI is InChI=1S/C6H5ClN4S/c1-12-5-3-2-8-6(7)9-4(3)10-11-5/h2H,1H3,(H,8,9,10,11). The summed E-state index contributed by atoms with van der Waals surface area (Å²) in [7, 11) is 0. The van der Waals surface area contributed by atoms with Crippen molar-refractivity contribution in [2.75, 3.05) is 6.26 Å². The van der Waals surface area contributed by atoms with Gasteiger partial charge in [-0.05, 0) is 17.9 Å². The van der Waals surface area contributed by atoms with Crippen LogP contribution < -0.4 is 0 Å². The molecule has 1 N–H and O–H groups in total. The van der Waals surface area contributed by atoms with E-state index in [0.717, 1.165) is 10.4 Å². The molecule has 6 heteroatoms. The van der Waals surface area contributed by atoms with Crippen LogP contribution in [0.5, 0.6) is 0 Å². The van der Waals surface area contributed by atoms with Crippen molar-refractivity contribution in [1.82, 2.24) is 20.2 Å². The van der Waals surface area contributed by atoms with Crippen molar-refractivity contribution in [3.63, 3.8) is 0 Å². The number of H-pyrrole nitrogens is 1. The van der Waals surface area contributed by atoms with Gasteiger partial charge in [0.05, 0.1) is 5.39 Å². The van der Waals surface area contributed by atoms with Crippen LogP contribution in [0, 0.1) is 0 Å². The predicted molar refractivity (Wildman–Crippen MR) is 48.5 cm³/mol. The Labute approximate surface area is 77.7 Å². The first-order chi connectivity index (χ1) is 5.81. The zero-order valence-electron chi connectivity index (χ0n) is 6.21. The van der Waals surface area contributed by atoms with E-state index in [0.29, 0.717) is 5.65 Å². The molecular formula is C6H5ClN4S. The van der Waals surface area contributed by atoms with Crippen molar-refractivity contribution in [2.24, 2.45) is 0 Å². The Hall–Kier alpha value is -0.810. The van der Waals surface area contributed by atoms with Crippen LogP contribution in [0.4, 0.5) is 0 Å². The highest BCUT2D eigenvalue weighted by atomic mass is 35.5. The van der Waals surface area contributed by atoms with Crippen LogP contribution in [0.2, 0.25) is 5.28 Å². The van der Waals surface area contributed by atoms with Gasteiger partial charge in [-0.25, -0.2) is 4.98 Å². The summed E-state index contributed by atoms with van der Waals surface area (Å²) >= 11 is 7.14. The third-order valence-corrected chi connectivity index (χ3v) is 2.33. The minimum absolute atomic E-state index is 0.235. The van der Waals surface area contributed by atoms with Gasteiger partial charge in [-0.2, -0.15) is 10.1 Å². The Morgan fingerprint density at radius 1 is 1.58 bits per heavy atom. The lowest BCUT2D eigenvalue weighted by atomic mass is 10.4. The molecule has 0 aromatic carbocycles. The van der Waals surface area contributed by atoms with Crippen LogP contribution in [0.15, 0.2) is 11.2 Å². The molecule has 0 fully saturated rings. The molecule has 2 aromatic rings. The zero-order valence-corrected chi connectivity index (χ0v) is 7.78. The smallest absolute Gasteiger partial charge is 0.224 e. The second kappa shape index (κ2) is 2.91. The third kappa shape index (κ3) is 1.15. The van der Waals surface area contributed by atoms with Crippen molar-refractivity contribution in [1.29, 1.82) is 0 Å². The molecule has 0 unspecified atom stereocenters. The maximum absolute atomic E-state index is 5.59. The largest absolute Gasteiger partial charge is 0.260 e. The van der Waals surface area contributed by atoms with Crippen LogP contribution in [0.3, 0.4) is 0 Å². The normalized spacial score (nSPS) is 10.8. The Kier molecular flexibility index (Phi) is 1.90. The Morgan fingerprint density at radius 3 is 3.17 bits per heavy atom. The van der Waals surface area contributed by atoms with Gasteiger partial charge >= 0.3 is 0 Å². The van der Waals surface area contributed by atoms with Crippen molar-refractivity contribution < 1.29 is 0 Å². The number of hydrogen-bond acceptors (Lipinski definition) is 4. The summed E-state index contributed by atoms with van der Waals surface area (Å²) < 4.78 is 0. The fourth-order valence-corrected chi connectivity index (χ4v) is 1.56. The minimum Gasteiger partial charge on any atom is -0.260 e. The molecule has 4 nitrogen and oxygen atoms in total. The minimum atomic E-state index is 0.235. The summed E-state index contributed by atoms with van der Waals surface area (Å²) in [6, 6.07) is 0. The highest BCUT2D eigenvalue weighted by Gasteiger charge is 2.05. The lowest BCUT2D eigenvalue weighted by molar-refractivity contribution is 1.02. The van der Waals surface area contributed by atoms with E-state index >= 15 is 0 Å². The van der Waals surface area contributed by atoms with Gasteiger partial charge in [0.1, 0.15) is 5.03 Å². The molecule has 0 saturated heterocycles. The number of halogens is 1. The first kappa shape index (κ1) is 7.82. The molecule has 2 rings (SSSR count). The van der Waals surface area contributed by atoms with Gasteiger partial charge in [-0.3, -0.25) is 5.10 Å². The third-order valence-electron chi connectivity index (χ3n) is 1.45. The average molecular weight is 201 g/mol. The van der Waals surface area contributed by atoms with Gasteiger partial charge in [-0.1, -0.05) is 0 Å². The molecule has 2 aromatic heterocycles. The number of fused-ring (bicyclic) bond motifs is 1. The molecule has 2 heterocycles. The summed E-state index contributed by atoms with van der Waals surface area (Å²) in [5.74, 6) is 0. The van der Waals surface area contributed by atoms with Gasteiger partial charge in [0.2, 0.25) is 5.28 Å². The molecular weight excluding hydrogens is 196 g/mol. The SMILES string of the molecule is CSc1n[nH]c2nc(Cl)ncc12. The number of nitrogens with zero attached hydrogens (tertiary/aromatic N) is 3. The molecule has 0 saturated carbocycles. The van der Waals surface area contributed by atoms with Gasteiger partial charge in [0, 0.05) is 6.20 Å². The van der Waals surface area contributed by atoms with Crippen LogP contribution in [-0.4, -0.2) is 26.4 Å². The fourth-order valence-electron chi connectivity index (χ4n) is 0.922. The van der Waals surface area contributed by atoms with E-state index in [2.05, 4.69) is 20.2 Å². The number of rotatable bonds is 1. The van der Waals surface area contributed by atoms with Crippen LogP contribution in [0.1, 0.15) is 0 Å². The molecule has 0 aliphatic rings. The molecule has 12 heavy (non-hydrogen) atoms. The van der Waals surface area contributed by atoms with Crippen molar-refractivity contribution in [3.8, 4) is 0 Å². The number of hydrogen-bond donors (Lipinski definition) is 1. The number of nitrogens with one attached hydrogen (secondary N) is 1. The van der Waals surface area contributed by atoms with E-state index in [9.17, 15) is 0 Å². The van der Waals surface area contributed by atoms with Gasteiger partial charge in [0.25, 0.3) is 0 Å². The molecule has 0 aliphatic carbocycles. The first-order valence-electron chi connectivity index (χ1n) is 3.22. The van der Waals surface area contributed by atoms with Crippen LogP contribution >= 0.6 is 23.4 Å². The average Bonchev–Trinajstić information content (AvgIpc) is 2.46. The Balaban J connectivity index is 2.73. The summed E-state index contributed by atoms with van der Waals surface area (Å²) in [6.45, 7) is 0. The first-order valence-corrected chi connectivity index (χ1v) is 4.82. The molecule has 0 atom stereocenters. The van der Waals surface area contributed by atoms with Crippen molar-refractivity contribution in [3.05, 3.63) is 11.5 Å². The van der Waals surface area contributed by atoms with E-state index in [1.807, 2.05) is 6.26 Å². The van der Waals surface area contributed by atoms with Crippen LogP contribution in [0.25, 0.3) is 11.0 Å². The molecule has 0 bridgehead atoms. The molecule has 62 valence electrons. The number of aromatic amines is 1. The highest BCUT2D eigenvalue weighted by molar-refractivity contribution is 7.98. The summed E-state index contributed by atoms with van der Waals surface area (Å²) in [5, 5.41) is 8.84. The Bertz CT molecular complexity index is 413.